The van der Waals surface area contributed by atoms with Crippen LogP contribution >= 0.6 is 11.8 Å². The van der Waals surface area contributed by atoms with Gasteiger partial charge in [-0.3, -0.25) is 4.79 Å². The van der Waals surface area contributed by atoms with E-state index >= 15 is 0 Å². The first-order chi connectivity index (χ1) is 15.3. The summed E-state index contributed by atoms with van der Waals surface area (Å²) < 4.78 is 10.5. The Hall–Kier alpha value is -3.52. The van der Waals surface area contributed by atoms with Crippen LogP contribution in [0.5, 0.6) is 11.5 Å². The second kappa shape index (κ2) is 10.2. The van der Waals surface area contributed by atoms with Gasteiger partial charge in [0.05, 0.1) is 18.1 Å². The number of ether oxygens (including phenoxy) is 2. The van der Waals surface area contributed by atoms with Gasteiger partial charge in [0.1, 0.15) is 16.4 Å². The van der Waals surface area contributed by atoms with Crippen LogP contribution in [0.4, 0.5) is 0 Å². The topological polar surface area (TPSA) is 105 Å². The monoisotopic (exact) mass is 453 g/mol. The van der Waals surface area contributed by atoms with Crippen molar-refractivity contribution in [1.29, 1.82) is 0 Å². The number of phenols is 1. The number of amides is 1. The average Bonchev–Trinajstić information content (AvgIpc) is 3.05. The molecule has 0 fully saturated rings. The smallest absolute Gasteiger partial charge is 0.344 e. The number of nitrogens with zero attached hydrogens (tertiary/aromatic N) is 1. The van der Waals surface area contributed by atoms with Gasteiger partial charge in [0.15, 0.2) is 11.5 Å². The lowest BCUT2D eigenvalue weighted by molar-refractivity contribution is -0.138. The number of carbonyl (C=O) groups is 2. The summed E-state index contributed by atoms with van der Waals surface area (Å²) in [6.45, 7) is 5.72. The number of hydrogen-bond acceptors (Lipinski definition) is 7. The molecule has 0 saturated heterocycles. The maximum Gasteiger partial charge on any atom is 0.344 e. The van der Waals surface area contributed by atoms with Gasteiger partial charge in [-0.25, -0.2) is 9.79 Å². The second-order valence-electron chi connectivity index (χ2n) is 6.75. The summed E-state index contributed by atoms with van der Waals surface area (Å²) in [6, 6.07) is 11.7. The molecule has 2 aromatic rings. The van der Waals surface area contributed by atoms with Crippen molar-refractivity contribution in [2.45, 2.75) is 20.8 Å². The minimum atomic E-state index is -0.766. The van der Waals surface area contributed by atoms with Crippen molar-refractivity contribution >= 4 is 34.8 Å². The molecule has 3 rings (SSSR count). The lowest BCUT2D eigenvalue weighted by Gasteiger charge is -2.07. The lowest BCUT2D eigenvalue weighted by Crippen LogP contribution is -2.14. The van der Waals surface area contributed by atoms with E-state index in [0.717, 1.165) is 17.3 Å². The number of esters is 1. The van der Waals surface area contributed by atoms with Crippen molar-refractivity contribution in [2.75, 3.05) is 13.2 Å². The number of aryl methyl sites for hydroxylation is 1. The molecule has 7 nitrogen and oxygen atoms in total. The maximum absolute atomic E-state index is 12.8. The van der Waals surface area contributed by atoms with Crippen LogP contribution in [0.15, 0.2) is 63.7 Å². The van der Waals surface area contributed by atoms with Crippen molar-refractivity contribution < 1.29 is 29.3 Å². The molecule has 0 aliphatic carbocycles. The number of aliphatic imine (C=N–C) groups is 1. The Bertz CT molecular complexity index is 1150. The minimum absolute atomic E-state index is 0.00821. The molecule has 0 spiro atoms. The van der Waals surface area contributed by atoms with Crippen molar-refractivity contribution in [2.24, 2.45) is 4.99 Å². The van der Waals surface area contributed by atoms with E-state index in [1.165, 1.54) is 6.07 Å². The van der Waals surface area contributed by atoms with E-state index < -0.39 is 11.9 Å². The quantitative estimate of drug-likeness (QED) is 0.605. The molecule has 1 amide bonds. The molecule has 1 heterocycles. The summed E-state index contributed by atoms with van der Waals surface area (Å²) in [5.41, 5.74) is 1.61. The van der Waals surface area contributed by atoms with Gasteiger partial charge in [-0.2, -0.15) is 0 Å². The van der Waals surface area contributed by atoms with Crippen LogP contribution in [0.2, 0.25) is 0 Å². The molecule has 166 valence electrons. The Labute approximate surface area is 190 Å². The maximum atomic E-state index is 12.8. The van der Waals surface area contributed by atoms with Gasteiger partial charge in [0.25, 0.3) is 5.91 Å². The molecule has 0 radical (unpaired) electrons. The lowest BCUT2D eigenvalue weighted by atomic mass is 10.1. The van der Waals surface area contributed by atoms with Crippen LogP contribution in [0.3, 0.4) is 0 Å². The number of hydrogen-bond donors (Lipinski definition) is 2. The molecule has 0 saturated carbocycles. The van der Waals surface area contributed by atoms with Gasteiger partial charge in [-0.1, -0.05) is 36.0 Å². The third kappa shape index (κ3) is 5.03. The average molecular weight is 454 g/mol. The number of phenolic OH excluding ortho intramolecular Hbond substituents is 1. The SMILES string of the molecule is CCOC(=O)C1=C(O)/C(=C/c2ccc(O)c(OCC)c2)SC1=NC(=O)c1ccccc1C. The van der Waals surface area contributed by atoms with Crippen LogP contribution in [-0.2, 0) is 9.53 Å². The van der Waals surface area contributed by atoms with E-state index in [-0.39, 0.29) is 28.7 Å². The Kier molecular flexibility index (Phi) is 7.37. The molecule has 2 aromatic carbocycles. The molecule has 2 N–H and O–H groups in total. The molecule has 0 unspecified atom stereocenters. The van der Waals surface area contributed by atoms with Gasteiger partial charge >= 0.3 is 5.97 Å². The molecule has 0 atom stereocenters. The zero-order valence-corrected chi connectivity index (χ0v) is 18.7. The van der Waals surface area contributed by atoms with Crippen LogP contribution in [0, 0.1) is 6.92 Å². The highest BCUT2D eigenvalue weighted by Gasteiger charge is 2.34. The van der Waals surface area contributed by atoms with Crippen molar-refractivity contribution in [3.63, 3.8) is 0 Å². The van der Waals surface area contributed by atoms with E-state index in [1.54, 1.807) is 57.2 Å². The molecular weight excluding hydrogens is 430 g/mol. The predicted molar refractivity (Wildman–Crippen MR) is 124 cm³/mol. The first-order valence-electron chi connectivity index (χ1n) is 10.0. The summed E-state index contributed by atoms with van der Waals surface area (Å²) in [5.74, 6) is -1.33. The Balaban J connectivity index is 2.03. The van der Waals surface area contributed by atoms with Gasteiger partial charge in [0, 0.05) is 5.56 Å². The van der Waals surface area contributed by atoms with Gasteiger partial charge in [0.2, 0.25) is 0 Å². The fourth-order valence-corrected chi connectivity index (χ4v) is 4.01. The highest BCUT2D eigenvalue weighted by molar-refractivity contribution is 8.18. The molecule has 0 aromatic heterocycles. The minimum Gasteiger partial charge on any atom is -0.506 e. The van der Waals surface area contributed by atoms with E-state index in [9.17, 15) is 19.8 Å². The van der Waals surface area contributed by atoms with E-state index in [2.05, 4.69) is 4.99 Å². The van der Waals surface area contributed by atoms with E-state index in [1.807, 2.05) is 6.07 Å². The standard InChI is InChI=1S/C24H23NO6S/c1-4-30-18-12-15(10-11-17(18)26)13-19-21(27)20(24(29)31-5-2)23(32-19)25-22(28)16-9-7-6-8-14(16)3/h6-13,26-27H,4-5H2,1-3H3/b19-13-,25-23?. The number of rotatable bonds is 6. The molecular formula is C24H23NO6S. The van der Waals surface area contributed by atoms with Gasteiger partial charge in [-0.05, 0) is 56.2 Å². The summed E-state index contributed by atoms with van der Waals surface area (Å²) in [5, 5.41) is 20.7. The van der Waals surface area contributed by atoms with Crippen LogP contribution < -0.4 is 4.74 Å². The van der Waals surface area contributed by atoms with Crippen molar-refractivity contribution in [1.82, 2.24) is 0 Å². The third-order valence-electron chi connectivity index (χ3n) is 4.53. The van der Waals surface area contributed by atoms with E-state index in [0.29, 0.717) is 28.4 Å². The molecule has 32 heavy (non-hydrogen) atoms. The summed E-state index contributed by atoms with van der Waals surface area (Å²) >= 11 is 0.990. The molecule has 8 heteroatoms. The van der Waals surface area contributed by atoms with Crippen molar-refractivity contribution in [3.05, 3.63) is 75.4 Å². The summed E-state index contributed by atoms with van der Waals surface area (Å²) in [7, 11) is 0. The predicted octanol–water partition coefficient (Wildman–Crippen LogP) is 4.80. The summed E-state index contributed by atoms with van der Waals surface area (Å²) in [4.78, 5) is 29.7. The fraction of sp³-hybridized carbons (Fsp3) is 0.208. The number of benzene rings is 2. The summed E-state index contributed by atoms with van der Waals surface area (Å²) in [6.07, 6.45) is 1.61. The Morgan fingerprint density at radius 2 is 1.84 bits per heavy atom. The first kappa shape index (κ1) is 23.1. The van der Waals surface area contributed by atoms with Crippen LogP contribution in [0.1, 0.15) is 35.3 Å². The van der Waals surface area contributed by atoms with Crippen LogP contribution in [-0.4, -0.2) is 40.3 Å². The highest BCUT2D eigenvalue weighted by Crippen LogP contribution is 2.40. The van der Waals surface area contributed by atoms with E-state index in [4.69, 9.17) is 9.47 Å². The number of carbonyl (C=O) groups excluding carboxylic acids is 2. The second-order valence-corrected chi connectivity index (χ2v) is 7.78. The number of thioether (sulfide) groups is 1. The molecule has 1 aliphatic rings. The zero-order chi connectivity index (χ0) is 23.3. The number of aliphatic hydroxyl groups is 1. The third-order valence-corrected chi connectivity index (χ3v) is 5.55. The van der Waals surface area contributed by atoms with Gasteiger partial charge in [-0.15, -0.1) is 0 Å². The zero-order valence-electron chi connectivity index (χ0n) is 17.9. The Morgan fingerprint density at radius 3 is 2.53 bits per heavy atom. The van der Waals surface area contributed by atoms with Crippen LogP contribution in [0.25, 0.3) is 6.08 Å². The first-order valence-corrected chi connectivity index (χ1v) is 10.8. The Morgan fingerprint density at radius 1 is 1.09 bits per heavy atom. The molecule has 0 bridgehead atoms. The largest absolute Gasteiger partial charge is 0.506 e. The highest BCUT2D eigenvalue weighted by atomic mass is 32.2. The van der Waals surface area contributed by atoms with Crippen molar-refractivity contribution in [3.8, 4) is 11.5 Å². The fourth-order valence-electron chi connectivity index (χ4n) is 3.00. The normalized spacial score (nSPS) is 16.0. The van der Waals surface area contributed by atoms with Gasteiger partial charge < -0.3 is 19.7 Å². The molecule has 1 aliphatic heterocycles. The number of aromatic hydroxyl groups is 1. The number of aliphatic hydroxyl groups excluding tert-OH is 1.